The van der Waals surface area contributed by atoms with Crippen LogP contribution in [0.2, 0.25) is 0 Å². The Morgan fingerprint density at radius 2 is 2.25 bits per heavy atom. The smallest absolute Gasteiger partial charge is 0.252 e. The molecular formula is C11H16N2O3. The number of rotatable bonds is 4. The molecule has 1 atom stereocenters. The van der Waals surface area contributed by atoms with Gasteiger partial charge in [0.05, 0.1) is 5.56 Å². The molecule has 0 saturated heterocycles. The highest BCUT2D eigenvalue weighted by molar-refractivity contribution is 5.93. The first-order valence-electron chi connectivity index (χ1n) is 5.10. The number of nitrogens with one attached hydrogen (secondary N) is 1. The normalized spacial score (nSPS) is 12.2. The van der Waals surface area contributed by atoms with Gasteiger partial charge in [-0.05, 0) is 12.0 Å². The zero-order chi connectivity index (χ0) is 12.1. The van der Waals surface area contributed by atoms with Crippen LogP contribution in [0, 0.1) is 5.92 Å². The van der Waals surface area contributed by atoms with Gasteiger partial charge in [-0.2, -0.15) is 0 Å². The maximum atomic E-state index is 11.6. The molecule has 0 aliphatic rings. The maximum absolute atomic E-state index is 11.6. The topological polar surface area (TPSA) is 71.3 Å². The Hall–Kier alpha value is -1.62. The molecule has 5 heteroatoms. The minimum Gasteiger partial charge on any atom is -0.396 e. The van der Waals surface area contributed by atoms with Crippen LogP contribution < -0.4 is 10.9 Å². The average Bonchev–Trinajstić information content (AvgIpc) is 2.29. The van der Waals surface area contributed by atoms with Crippen LogP contribution in [0.25, 0.3) is 0 Å². The van der Waals surface area contributed by atoms with Crippen LogP contribution in [0.15, 0.2) is 23.1 Å². The lowest BCUT2D eigenvalue weighted by atomic mass is 10.2. The van der Waals surface area contributed by atoms with Crippen LogP contribution >= 0.6 is 0 Å². The van der Waals surface area contributed by atoms with Crippen molar-refractivity contribution >= 4 is 5.91 Å². The molecule has 0 radical (unpaired) electrons. The number of aryl methyl sites for hydroxylation is 1. The zero-order valence-corrected chi connectivity index (χ0v) is 9.43. The minimum absolute atomic E-state index is 0.0245. The Bertz CT molecular complexity index is 425. The number of aliphatic hydroxyl groups is 1. The average molecular weight is 224 g/mol. The summed E-state index contributed by atoms with van der Waals surface area (Å²) in [5, 5.41) is 11.5. The summed E-state index contributed by atoms with van der Waals surface area (Å²) in [6.07, 6.45) is 1.49. The number of hydrogen-bond donors (Lipinski definition) is 2. The van der Waals surface area contributed by atoms with Gasteiger partial charge >= 0.3 is 0 Å². The second kappa shape index (κ2) is 5.46. The molecule has 1 heterocycles. The highest BCUT2D eigenvalue weighted by atomic mass is 16.3. The first-order chi connectivity index (χ1) is 7.54. The lowest BCUT2D eigenvalue weighted by Gasteiger charge is -2.09. The highest BCUT2D eigenvalue weighted by Crippen LogP contribution is 1.96. The molecule has 0 saturated carbocycles. The van der Waals surface area contributed by atoms with Gasteiger partial charge in [0.25, 0.3) is 5.91 Å². The van der Waals surface area contributed by atoms with E-state index in [9.17, 15) is 9.59 Å². The van der Waals surface area contributed by atoms with E-state index in [1.165, 1.54) is 22.9 Å². The second-order valence-electron chi connectivity index (χ2n) is 3.86. The van der Waals surface area contributed by atoms with Crippen LogP contribution in [0.5, 0.6) is 0 Å². The van der Waals surface area contributed by atoms with Crippen LogP contribution in [-0.2, 0) is 7.05 Å². The summed E-state index contributed by atoms with van der Waals surface area (Å²) in [4.78, 5) is 22.7. The van der Waals surface area contributed by atoms with Crippen molar-refractivity contribution in [1.29, 1.82) is 0 Å². The number of carbonyl (C=O) groups is 1. The Morgan fingerprint density at radius 1 is 1.56 bits per heavy atom. The van der Waals surface area contributed by atoms with Crippen molar-refractivity contribution in [2.24, 2.45) is 13.0 Å². The molecule has 1 unspecified atom stereocenters. The predicted octanol–water partition coefficient (Wildman–Crippen LogP) is -0.257. The summed E-state index contributed by atoms with van der Waals surface area (Å²) in [6.45, 7) is 2.28. The summed E-state index contributed by atoms with van der Waals surface area (Å²) < 4.78 is 1.35. The molecule has 0 spiro atoms. The van der Waals surface area contributed by atoms with Crippen LogP contribution in [0.3, 0.4) is 0 Å². The molecular weight excluding hydrogens is 208 g/mol. The number of nitrogens with zero attached hydrogens (tertiary/aromatic N) is 1. The lowest BCUT2D eigenvalue weighted by molar-refractivity contribution is 0.0941. The van der Waals surface area contributed by atoms with E-state index in [2.05, 4.69) is 5.32 Å². The SMILES string of the molecule is CC(CO)CNC(=O)c1ccc(=O)n(C)c1. The van der Waals surface area contributed by atoms with E-state index in [0.29, 0.717) is 12.1 Å². The molecule has 88 valence electrons. The molecule has 5 nitrogen and oxygen atoms in total. The van der Waals surface area contributed by atoms with E-state index in [1.807, 2.05) is 6.92 Å². The van der Waals surface area contributed by atoms with Crippen molar-refractivity contribution in [3.05, 3.63) is 34.2 Å². The van der Waals surface area contributed by atoms with E-state index < -0.39 is 0 Å². The zero-order valence-electron chi connectivity index (χ0n) is 9.43. The molecule has 1 amide bonds. The number of pyridine rings is 1. The summed E-state index contributed by atoms with van der Waals surface area (Å²) in [7, 11) is 1.59. The van der Waals surface area contributed by atoms with E-state index in [4.69, 9.17) is 5.11 Å². The van der Waals surface area contributed by atoms with Gasteiger partial charge in [-0.1, -0.05) is 6.92 Å². The summed E-state index contributed by atoms with van der Waals surface area (Å²) in [5.74, 6) is -0.215. The maximum Gasteiger partial charge on any atom is 0.252 e. The lowest BCUT2D eigenvalue weighted by Crippen LogP contribution is -2.30. The number of aromatic nitrogens is 1. The van der Waals surface area contributed by atoms with E-state index in [-0.39, 0.29) is 24.0 Å². The van der Waals surface area contributed by atoms with Crippen molar-refractivity contribution < 1.29 is 9.90 Å². The van der Waals surface area contributed by atoms with Gasteiger partial charge in [-0.3, -0.25) is 9.59 Å². The first-order valence-corrected chi connectivity index (χ1v) is 5.10. The number of carbonyl (C=O) groups excluding carboxylic acids is 1. The third-order valence-electron chi connectivity index (χ3n) is 2.27. The molecule has 2 N–H and O–H groups in total. The Balaban J connectivity index is 2.66. The monoisotopic (exact) mass is 224 g/mol. The quantitative estimate of drug-likeness (QED) is 0.740. The van der Waals surface area contributed by atoms with E-state index >= 15 is 0 Å². The summed E-state index contributed by atoms with van der Waals surface area (Å²) in [6, 6.07) is 2.84. The van der Waals surface area contributed by atoms with Gasteiger partial charge in [-0.25, -0.2) is 0 Å². The first kappa shape index (κ1) is 12.4. The van der Waals surface area contributed by atoms with Gasteiger partial charge in [0.1, 0.15) is 0 Å². The third kappa shape index (κ3) is 3.20. The number of hydrogen-bond acceptors (Lipinski definition) is 3. The fourth-order valence-electron chi connectivity index (χ4n) is 1.16. The Kier molecular flexibility index (Phi) is 4.25. The van der Waals surface area contributed by atoms with Crippen molar-refractivity contribution in [2.75, 3.05) is 13.2 Å². The number of amides is 1. The minimum atomic E-state index is -0.240. The molecule has 16 heavy (non-hydrogen) atoms. The van der Waals surface area contributed by atoms with E-state index in [0.717, 1.165) is 0 Å². The number of aliphatic hydroxyl groups excluding tert-OH is 1. The van der Waals surface area contributed by atoms with Gasteiger partial charge in [0, 0.05) is 32.5 Å². The van der Waals surface area contributed by atoms with Crippen LogP contribution in [0.1, 0.15) is 17.3 Å². The fraction of sp³-hybridized carbons (Fsp3) is 0.455. The summed E-state index contributed by atoms with van der Waals surface area (Å²) in [5.41, 5.74) is 0.285. The van der Waals surface area contributed by atoms with Crippen molar-refractivity contribution in [3.63, 3.8) is 0 Å². The van der Waals surface area contributed by atoms with E-state index in [1.54, 1.807) is 7.05 Å². The summed E-state index contributed by atoms with van der Waals surface area (Å²) >= 11 is 0. The largest absolute Gasteiger partial charge is 0.396 e. The van der Waals surface area contributed by atoms with Gasteiger partial charge < -0.3 is 15.0 Å². The van der Waals surface area contributed by atoms with Crippen LogP contribution in [-0.4, -0.2) is 28.7 Å². The Morgan fingerprint density at radius 3 is 2.81 bits per heavy atom. The molecule has 0 bridgehead atoms. The van der Waals surface area contributed by atoms with Crippen molar-refractivity contribution in [2.45, 2.75) is 6.92 Å². The molecule has 0 aliphatic heterocycles. The standard InChI is InChI=1S/C11H16N2O3/c1-8(7-14)5-12-11(16)9-3-4-10(15)13(2)6-9/h3-4,6,8,14H,5,7H2,1-2H3,(H,12,16). The van der Waals surface area contributed by atoms with Gasteiger partial charge in [0.15, 0.2) is 0 Å². The van der Waals surface area contributed by atoms with Crippen molar-refractivity contribution in [1.82, 2.24) is 9.88 Å². The Labute approximate surface area is 93.7 Å². The molecule has 0 aliphatic carbocycles. The third-order valence-corrected chi connectivity index (χ3v) is 2.27. The second-order valence-corrected chi connectivity index (χ2v) is 3.86. The molecule has 1 aromatic heterocycles. The molecule has 1 rings (SSSR count). The molecule has 1 aromatic rings. The highest BCUT2D eigenvalue weighted by Gasteiger charge is 2.07. The predicted molar refractivity (Wildman–Crippen MR) is 60.3 cm³/mol. The van der Waals surface area contributed by atoms with Crippen molar-refractivity contribution in [3.8, 4) is 0 Å². The molecule has 0 fully saturated rings. The van der Waals surface area contributed by atoms with Gasteiger partial charge in [-0.15, -0.1) is 0 Å². The molecule has 0 aromatic carbocycles. The fourth-order valence-corrected chi connectivity index (χ4v) is 1.16. The van der Waals surface area contributed by atoms with Gasteiger partial charge in [0.2, 0.25) is 5.56 Å². The van der Waals surface area contributed by atoms with Crippen LogP contribution in [0.4, 0.5) is 0 Å².